The van der Waals surface area contributed by atoms with Crippen molar-refractivity contribution in [1.82, 2.24) is 0 Å². The molecule has 0 unspecified atom stereocenters. The number of pyridine rings is 1. The monoisotopic (exact) mass is 362 g/mol. The Kier molecular flexibility index (Phi) is 5.23. The van der Waals surface area contributed by atoms with Crippen molar-refractivity contribution in [2.75, 3.05) is 19.5 Å². The Morgan fingerprint density at radius 3 is 2.30 bits per heavy atom. The fraction of sp³-hybridized carbons (Fsp3) is 0.190. The van der Waals surface area contributed by atoms with Crippen molar-refractivity contribution in [2.24, 2.45) is 0 Å². The molecule has 1 amide bonds. The first kappa shape index (κ1) is 18.2. The normalized spacial score (nSPS) is 11.5. The van der Waals surface area contributed by atoms with Gasteiger partial charge < -0.3 is 14.8 Å². The van der Waals surface area contributed by atoms with E-state index in [-0.39, 0.29) is 5.91 Å². The average molecular weight is 362 g/mol. The van der Waals surface area contributed by atoms with Crippen molar-refractivity contribution in [3.8, 4) is 17.6 Å². The summed E-state index contributed by atoms with van der Waals surface area (Å²) >= 11 is 0. The zero-order valence-corrected chi connectivity index (χ0v) is 15.4. The Hall–Kier alpha value is -3.59. The first-order valence-corrected chi connectivity index (χ1v) is 8.43. The van der Waals surface area contributed by atoms with Gasteiger partial charge in [-0.3, -0.25) is 4.79 Å². The quantitative estimate of drug-likeness (QED) is 0.707. The topological polar surface area (TPSA) is 75.2 Å². The Balaban J connectivity index is 1.84. The van der Waals surface area contributed by atoms with Crippen molar-refractivity contribution in [2.45, 2.75) is 13.0 Å². The molecule has 3 aromatic rings. The van der Waals surface area contributed by atoms with Crippen LogP contribution in [-0.4, -0.2) is 20.1 Å². The molecule has 2 aromatic carbocycles. The molecule has 3 rings (SSSR count). The molecule has 0 radical (unpaired) electrons. The minimum Gasteiger partial charge on any atom is -0.493 e. The van der Waals surface area contributed by atoms with Gasteiger partial charge in [0.2, 0.25) is 6.04 Å². The van der Waals surface area contributed by atoms with E-state index < -0.39 is 6.04 Å². The Morgan fingerprint density at radius 1 is 1.07 bits per heavy atom. The fourth-order valence-corrected chi connectivity index (χ4v) is 2.79. The van der Waals surface area contributed by atoms with E-state index in [4.69, 9.17) is 14.7 Å². The van der Waals surface area contributed by atoms with Crippen LogP contribution in [0.2, 0.25) is 0 Å². The van der Waals surface area contributed by atoms with Gasteiger partial charge in [-0.05, 0) is 41.8 Å². The molecule has 0 saturated carbocycles. The van der Waals surface area contributed by atoms with Crippen LogP contribution in [-0.2, 0) is 4.79 Å². The predicted molar refractivity (Wildman–Crippen MR) is 102 cm³/mol. The number of hydrogen-bond acceptors (Lipinski definition) is 4. The van der Waals surface area contributed by atoms with Gasteiger partial charge >= 0.3 is 0 Å². The zero-order valence-electron chi connectivity index (χ0n) is 15.4. The zero-order chi connectivity index (χ0) is 19.4. The fourth-order valence-electron chi connectivity index (χ4n) is 2.79. The van der Waals surface area contributed by atoms with Crippen LogP contribution < -0.4 is 19.4 Å². The lowest BCUT2D eigenvalue weighted by molar-refractivity contribution is -0.704. The van der Waals surface area contributed by atoms with Crippen LogP contribution in [0.1, 0.15) is 18.5 Å². The van der Waals surface area contributed by atoms with Gasteiger partial charge in [0.25, 0.3) is 5.91 Å². The van der Waals surface area contributed by atoms with Gasteiger partial charge in [0.15, 0.2) is 23.9 Å². The molecule has 0 saturated heterocycles. The molecule has 1 atom stereocenters. The van der Waals surface area contributed by atoms with Gasteiger partial charge in [-0.25, -0.2) is 0 Å². The van der Waals surface area contributed by atoms with E-state index in [1.54, 1.807) is 38.5 Å². The molecule has 1 aromatic heterocycles. The molecule has 1 heterocycles. The summed E-state index contributed by atoms with van der Waals surface area (Å²) in [6.45, 7) is 1.82. The highest BCUT2D eigenvalue weighted by Crippen LogP contribution is 2.31. The first-order valence-electron chi connectivity index (χ1n) is 8.43. The number of nitriles is 1. The van der Waals surface area contributed by atoms with Crippen molar-refractivity contribution in [1.29, 1.82) is 5.26 Å². The molecule has 1 N–H and O–H groups in total. The van der Waals surface area contributed by atoms with E-state index in [1.807, 2.05) is 42.1 Å². The van der Waals surface area contributed by atoms with Crippen LogP contribution >= 0.6 is 0 Å². The van der Waals surface area contributed by atoms with Crippen LogP contribution in [0.4, 0.5) is 5.69 Å². The molecular formula is C21H20N3O3+. The summed E-state index contributed by atoms with van der Waals surface area (Å²) in [7, 11) is 3.19. The van der Waals surface area contributed by atoms with Gasteiger partial charge in [0, 0.05) is 24.1 Å². The second-order valence-electron chi connectivity index (χ2n) is 6.08. The number of anilines is 1. The largest absolute Gasteiger partial charge is 0.493 e. The predicted octanol–water partition coefficient (Wildman–Crippen LogP) is 3.22. The minimum atomic E-state index is -0.418. The summed E-state index contributed by atoms with van der Waals surface area (Å²) in [5.41, 5.74) is 1.20. The molecule has 0 fully saturated rings. The number of carbonyl (C=O) groups excluding carboxylic acids is 1. The van der Waals surface area contributed by atoms with Gasteiger partial charge in [0.1, 0.15) is 0 Å². The number of aromatic nitrogens is 1. The highest BCUT2D eigenvalue weighted by atomic mass is 16.5. The Morgan fingerprint density at radius 2 is 1.70 bits per heavy atom. The summed E-state index contributed by atoms with van der Waals surface area (Å²) in [6.07, 6.45) is 3.76. The molecule has 0 aliphatic rings. The lowest BCUT2D eigenvalue weighted by Gasteiger charge is -2.11. The number of hydrogen-bond donors (Lipinski definition) is 1. The number of nitrogens with zero attached hydrogens (tertiary/aromatic N) is 2. The smallest absolute Gasteiger partial charge is 0.293 e. The molecular weight excluding hydrogens is 342 g/mol. The van der Waals surface area contributed by atoms with Crippen LogP contribution in [0, 0.1) is 11.3 Å². The summed E-state index contributed by atoms with van der Waals surface area (Å²) in [4.78, 5) is 12.6. The average Bonchev–Trinajstić information content (AvgIpc) is 2.72. The van der Waals surface area contributed by atoms with Crippen LogP contribution in [0.3, 0.4) is 0 Å². The Labute approximate surface area is 157 Å². The van der Waals surface area contributed by atoms with Crippen LogP contribution in [0.5, 0.6) is 11.5 Å². The van der Waals surface area contributed by atoms with Crippen molar-refractivity contribution in [3.63, 3.8) is 0 Å². The molecule has 6 heteroatoms. The maximum Gasteiger partial charge on any atom is 0.293 e. The highest BCUT2D eigenvalue weighted by Gasteiger charge is 2.22. The van der Waals surface area contributed by atoms with Crippen molar-refractivity contribution < 1.29 is 18.8 Å². The van der Waals surface area contributed by atoms with Crippen molar-refractivity contribution in [3.05, 3.63) is 60.4 Å². The van der Waals surface area contributed by atoms with Gasteiger partial charge in [-0.15, -0.1) is 0 Å². The van der Waals surface area contributed by atoms with Gasteiger partial charge in [0.05, 0.1) is 25.9 Å². The van der Waals surface area contributed by atoms with Gasteiger partial charge in [-0.1, -0.05) is 0 Å². The number of fused-ring (bicyclic) bond motifs is 1. The molecule has 6 nitrogen and oxygen atoms in total. The number of nitrogens with one attached hydrogen (secondary N) is 1. The van der Waals surface area contributed by atoms with Crippen LogP contribution in [0.15, 0.2) is 54.9 Å². The third-order valence-corrected chi connectivity index (χ3v) is 4.41. The van der Waals surface area contributed by atoms with Crippen molar-refractivity contribution >= 4 is 22.4 Å². The molecule has 0 aliphatic heterocycles. The van der Waals surface area contributed by atoms with E-state index >= 15 is 0 Å². The Bertz CT molecular complexity index is 1020. The summed E-state index contributed by atoms with van der Waals surface area (Å²) < 4.78 is 12.5. The molecule has 0 aliphatic carbocycles. The number of carbonyl (C=O) groups is 1. The molecule has 0 bridgehead atoms. The van der Waals surface area contributed by atoms with E-state index in [0.29, 0.717) is 22.7 Å². The van der Waals surface area contributed by atoms with E-state index in [2.05, 4.69) is 11.4 Å². The summed E-state index contributed by atoms with van der Waals surface area (Å²) in [6, 6.07) is 14.1. The number of methoxy groups -OCH3 is 2. The third-order valence-electron chi connectivity index (χ3n) is 4.41. The SMILES string of the molecule is COc1cc2cc[n+]([C@@H](C)C(=O)Nc3ccc(C#N)cc3)cc2cc1OC. The van der Waals surface area contributed by atoms with E-state index in [1.165, 1.54) is 0 Å². The minimum absolute atomic E-state index is 0.149. The maximum absolute atomic E-state index is 12.6. The standard InChI is InChI=1S/C21H19N3O3/c1-14(21(25)23-18-6-4-15(12-22)5-7-18)24-9-8-16-10-19(26-2)20(27-3)11-17(16)13-24/h4-11,13-14H,1-3H3/p+1/t14-/m0/s1. The lowest BCUT2D eigenvalue weighted by atomic mass is 10.1. The number of rotatable bonds is 5. The third kappa shape index (κ3) is 3.82. The summed E-state index contributed by atoms with van der Waals surface area (Å²) in [5.74, 6) is 1.15. The summed E-state index contributed by atoms with van der Waals surface area (Å²) in [5, 5.41) is 13.6. The second kappa shape index (κ2) is 7.75. The van der Waals surface area contributed by atoms with E-state index in [9.17, 15) is 4.79 Å². The maximum atomic E-state index is 12.6. The highest BCUT2D eigenvalue weighted by molar-refractivity contribution is 5.92. The second-order valence-corrected chi connectivity index (χ2v) is 6.08. The van der Waals surface area contributed by atoms with Gasteiger partial charge in [-0.2, -0.15) is 9.83 Å². The molecule has 27 heavy (non-hydrogen) atoms. The van der Waals surface area contributed by atoms with E-state index in [0.717, 1.165) is 10.8 Å². The number of ether oxygens (including phenoxy) is 2. The lowest BCUT2D eigenvalue weighted by Crippen LogP contribution is -2.44. The molecule has 0 spiro atoms. The van der Waals surface area contributed by atoms with Crippen LogP contribution in [0.25, 0.3) is 10.8 Å². The first-order chi connectivity index (χ1) is 13.0. The number of benzene rings is 2. The molecule has 136 valence electrons. The number of amides is 1.